The van der Waals surface area contributed by atoms with Gasteiger partial charge in [0.05, 0.1) is 12.6 Å². The first-order valence-electron chi connectivity index (χ1n) is 5.93. The fourth-order valence-electron chi connectivity index (χ4n) is 1.31. The molecule has 4 nitrogen and oxygen atoms in total. The number of halogens is 1. The highest BCUT2D eigenvalue weighted by Gasteiger charge is 2.09. The predicted molar refractivity (Wildman–Crippen MR) is 68.7 cm³/mol. The molecule has 0 bridgehead atoms. The van der Waals surface area contributed by atoms with E-state index < -0.39 is 6.10 Å². The first-order valence-corrected chi connectivity index (χ1v) is 5.93. The Labute approximate surface area is 106 Å². The van der Waals surface area contributed by atoms with E-state index in [2.05, 4.69) is 10.6 Å². The van der Waals surface area contributed by atoms with E-state index in [0.29, 0.717) is 12.2 Å². The zero-order valence-corrected chi connectivity index (χ0v) is 10.6. The summed E-state index contributed by atoms with van der Waals surface area (Å²) in [6.07, 6.45) is -0.469. The lowest BCUT2D eigenvalue weighted by Crippen LogP contribution is -2.35. The lowest BCUT2D eigenvalue weighted by Gasteiger charge is -2.14. The molecule has 1 aromatic rings. The lowest BCUT2D eigenvalue weighted by atomic mass is 10.1. The Balaban J connectivity index is 2.27. The van der Waals surface area contributed by atoms with Gasteiger partial charge in [0.1, 0.15) is 5.82 Å². The van der Waals surface area contributed by atoms with Crippen molar-refractivity contribution in [1.82, 2.24) is 5.32 Å². The smallest absolute Gasteiger partial charge is 0.238 e. The third kappa shape index (κ3) is 5.25. The van der Waals surface area contributed by atoms with Crippen LogP contribution in [-0.4, -0.2) is 30.2 Å². The van der Waals surface area contributed by atoms with E-state index in [4.69, 9.17) is 0 Å². The summed E-state index contributed by atoms with van der Waals surface area (Å²) in [5, 5.41) is 15.0. The minimum Gasteiger partial charge on any atom is -0.392 e. The zero-order chi connectivity index (χ0) is 13.5. The highest BCUT2D eigenvalue weighted by molar-refractivity contribution is 5.92. The summed E-state index contributed by atoms with van der Waals surface area (Å²) in [4.78, 5) is 11.5. The topological polar surface area (TPSA) is 61.4 Å². The molecule has 0 saturated carbocycles. The fraction of sp³-hybridized carbons (Fsp3) is 0.462. The number of rotatable bonds is 6. The van der Waals surface area contributed by atoms with E-state index in [1.54, 1.807) is 0 Å². The first-order chi connectivity index (χ1) is 8.49. The van der Waals surface area contributed by atoms with Crippen LogP contribution in [0, 0.1) is 11.7 Å². The molecule has 0 radical (unpaired) electrons. The molecule has 3 N–H and O–H groups in total. The molecule has 1 atom stereocenters. The average molecular weight is 254 g/mol. The number of anilines is 1. The van der Waals surface area contributed by atoms with Crippen molar-refractivity contribution in [3.05, 3.63) is 30.1 Å². The van der Waals surface area contributed by atoms with Gasteiger partial charge in [-0.2, -0.15) is 0 Å². The van der Waals surface area contributed by atoms with Gasteiger partial charge in [-0.3, -0.25) is 4.79 Å². The van der Waals surface area contributed by atoms with Crippen LogP contribution in [0.2, 0.25) is 0 Å². The number of aliphatic hydroxyl groups is 1. The first kappa shape index (κ1) is 14.6. The number of nitrogens with one attached hydrogen (secondary N) is 2. The van der Waals surface area contributed by atoms with E-state index >= 15 is 0 Å². The largest absolute Gasteiger partial charge is 0.392 e. The second-order valence-electron chi connectivity index (χ2n) is 4.50. The van der Waals surface area contributed by atoms with Crippen LogP contribution in [0.15, 0.2) is 24.3 Å². The third-order valence-electron chi connectivity index (χ3n) is 2.54. The minimum absolute atomic E-state index is 0.112. The van der Waals surface area contributed by atoms with Crippen LogP contribution in [-0.2, 0) is 4.79 Å². The summed E-state index contributed by atoms with van der Waals surface area (Å²) < 4.78 is 12.6. The van der Waals surface area contributed by atoms with Crippen LogP contribution in [0.3, 0.4) is 0 Å². The van der Waals surface area contributed by atoms with Crippen LogP contribution in [0.1, 0.15) is 13.8 Å². The molecule has 0 saturated heterocycles. The van der Waals surface area contributed by atoms with Gasteiger partial charge < -0.3 is 15.7 Å². The maximum atomic E-state index is 12.6. The number of amides is 1. The Morgan fingerprint density at radius 2 is 1.94 bits per heavy atom. The van der Waals surface area contributed by atoms with Crippen molar-refractivity contribution in [3.63, 3.8) is 0 Å². The molecular formula is C13H19FN2O2. The molecule has 0 aliphatic carbocycles. The molecule has 1 unspecified atom stereocenters. The third-order valence-corrected chi connectivity index (χ3v) is 2.54. The predicted octanol–water partition coefficient (Wildman–Crippen LogP) is 1.37. The number of hydrogen-bond donors (Lipinski definition) is 3. The molecule has 0 fully saturated rings. The molecule has 18 heavy (non-hydrogen) atoms. The molecule has 5 heteroatoms. The van der Waals surface area contributed by atoms with Crippen LogP contribution < -0.4 is 10.6 Å². The summed E-state index contributed by atoms with van der Waals surface area (Å²) in [5.41, 5.74) is 0.549. The van der Waals surface area contributed by atoms with Gasteiger partial charge in [-0.25, -0.2) is 4.39 Å². The SMILES string of the molecule is CC(C)C(O)CNCC(=O)Nc1ccc(F)cc1. The van der Waals surface area contributed by atoms with Gasteiger partial charge in [0.2, 0.25) is 5.91 Å². The van der Waals surface area contributed by atoms with E-state index in [0.717, 1.165) is 0 Å². The zero-order valence-electron chi connectivity index (χ0n) is 10.6. The van der Waals surface area contributed by atoms with Gasteiger partial charge in [0.25, 0.3) is 0 Å². The molecular weight excluding hydrogens is 235 g/mol. The van der Waals surface area contributed by atoms with E-state index in [1.807, 2.05) is 13.8 Å². The van der Waals surface area contributed by atoms with Crippen molar-refractivity contribution in [3.8, 4) is 0 Å². The summed E-state index contributed by atoms with van der Waals surface area (Å²) >= 11 is 0. The maximum absolute atomic E-state index is 12.6. The molecule has 0 heterocycles. The monoisotopic (exact) mass is 254 g/mol. The molecule has 1 aromatic carbocycles. The van der Waals surface area contributed by atoms with Crippen molar-refractivity contribution in [2.75, 3.05) is 18.4 Å². The number of benzene rings is 1. The van der Waals surface area contributed by atoms with E-state index in [-0.39, 0.29) is 24.2 Å². The Morgan fingerprint density at radius 1 is 1.33 bits per heavy atom. The molecule has 1 rings (SSSR count). The normalized spacial score (nSPS) is 12.5. The number of carbonyl (C=O) groups excluding carboxylic acids is 1. The van der Waals surface area contributed by atoms with Crippen LogP contribution in [0.25, 0.3) is 0 Å². The van der Waals surface area contributed by atoms with Gasteiger partial charge in [0.15, 0.2) is 0 Å². The van der Waals surface area contributed by atoms with Gasteiger partial charge in [-0.15, -0.1) is 0 Å². The summed E-state index contributed by atoms with van der Waals surface area (Å²) in [7, 11) is 0. The summed E-state index contributed by atoms with van der Waals surface area (Å²) in [6.45, 7) is 4.30. The van der Waals surface area contributed by atoms with Gasteiger partial charge >= 0.3 is 0 Å². The second kappa shape index (κ2) is 7.08. The molecule has 1 amide bonds. The van der Waals surface area contributed by atoms with Crippen molar-refractivity contribution in [2.45, 2.75) is 20.0 Å². The Hall–Kier alpha value is -1.46. The minimum atomic E-state index is -0.469. The Morgan fingerprint density at radius 3 is 2.50 bits per heavy atom. The van der Waals surface area contributed by atoms with Crippen molar-refractivity contribution in [2.24, 2.45) is 5.92 Å². The Bertz CT molecular complexity index is 379. The van der Waals surface area contributed by atoms with Crippen molar-refractivity contribution >= 4 is 11.6 Å². The highest BCUT2D eigenvalue weighted by atomic mass is 19.1. The molecule has 0 aromatic heterocycles. The van der Waals surface area contributed by atoms with Crippen LogP contribution in [0.4, 0.5) is 10.1 Å². The fourth-order valence-corrected chi connectivity index (χ4v) is 1.31. The summed E-state index contributed by atoms with van der Waals surface area (Å²) in [6, 6.07) is 5.56. The van der Waals surface area contributed by atoms with E-state index in [9.17, 15) is 14.3 Å². The molecule has 100 valence electrons. The van der Waals surface area contributed by atoms with Crippen molar-refractivity contribution < 1.29 is 14.3 Å². The average Bonchev–Trinajstić information content (AvgIpc) is 2.32. The second-order valence-corrected chi connectivity index (χ2v) is 4.50. The summed E-state index contributed by atoms with van der Waals surface area (Å²) in [5.74, 6) is -0.415. The molecule has 0 aliphatic rings. The quantitative estimate of drug-likeness (QED) is 0.718. The van der Waals surface area contributed by atoms with Crippen molar-refractivity contribution in [1.29, 1.82) is 0 Å². The lowest BCUT2D eigenvalue weighted by molar-refractivity contribution is -0.115. The molecule has 0 aliphatic heterocycles. The van der Waals surface area contributed by atoms with Crippen LogP contribution >= 0.6 is 0 Å². The van der Waals surface area contributed by atoms with Gasteiger partial charge in [-0.1, -0.05) is 13.8 Å². The number of carbonyl (C=O) groups is 1. The number of hydrogen-bond acceptors (Lipinski definition) is 3. The molecule has 0 spiro atoms. The Kier molecular flexibility index (Phi) is 5.74. The highest BCUT2D eigenvalue weighted by Crippen LogP contribution is 2.07. The maximum Gasteiger partial charge on any atom is 0.238 e. The van der Waals surface area contributed by atoms with Gasteiger partial charge in [-0.05, 0) is 30.2 Å². The van der Waals surface area contributed by atoms with E-state index in [1.165, 1.54) is 24.3 Å². The van der Waals surface area contributed by atoms with Crippen LogP contribution in [0.5, 0.6) is 0 Å². The number of aliphatic hydroxyl groups excluding tert-OH is 1. The van der Waals surface area contributed by atoms with Gasteiger partial charge in [0, 0.05) is 12.2 Å². The standard InChI is InChI=1S/C13H19FN2O2/c1-9(2)12(17)7-15-8-13(18)16-11-5-3-10(14)4-6-11/h3-6,9,12,15,17H,7-8H2,1-2H3,(H,16,18).